The van der Waals surface area contributed by atoms with E-state index in [0.717, 1.165) is 25.1 Å². The first kappa shape index (κ1) is 10.8. The van der Waals surface area contributed by atoms with Gasteiger partial charge in [0.1, 0.15) is 11.4 Å². The molecule has 1 N–H and O–H groups in total. The highest BCUT2D eigenvalue weighted by Crippen LogP contribution is 2.41. The van der Waals surface area contributed by atoms with E-state index in [1.165, 1.54) is 13.2 Å². The van der Waals surface area contributed by atoms with E-state index in [4.69, 9.17) is 9.57 Å². The van der Waals surface area contributed by atoms with E-state index in [2.05, 4.69) is 17.4 Å². The molecule has 2 aliphatic rings. The topological polar surface area (TPSA) is 33.7 Å². The molecule has 5 heteroatoms. The SMILES string of the molecule is CONc1cc2c(cc1F)OC1(C2)CN(C)C1. The van der Waals surface area contributed by atoms with E-state index >= 15 is 0 Å². The van der Waals surface area contributed by atoms with E-state index in [1.807, 2.05) is 0 Å². The van der Waals surface area contributed by atoms with Gasteiger partial charge in [-0.25, -0.2) is 4.39 Å². The number of fused-ring (bicyclic) bond motifs is 1. The number of halogens is 1. The minimum absolute atomic E-state index is 0.130. The summed E-state index contributed by atoms with van der Waals surface area (Å²) in [7, 11) is 3.52. The Kier molecular flexibility index (Phi) is 2.27. The lowest BCUT2D eigenvalue weighted by molar-refractivity contribution is -0.0482. The van der Waals surface area contributed by atoms with Crippen molar-refractivity contribution in [1.82, 2.24) is 4.90 Å². The fourth-order valence-corrected chi connectivity index (χ4v) is 2.75. The second-order valence-electron chi connectivity index (χ2n) is 4.88. The van der Waals surface area contributed by atoms with E-state index in [9.17, 15) is 4.39 Å². The van der Waals surface area contributed by atoms with Crippen molar-refractivity contribution in [3.63, 3.8) is 0 Å². The van der Waals surface area contributed by atoms with Gasteiger partial charge >= 0.3 is 0 Å². The molecule has 2 aliphatic heterocycles. The zero-order valence-corrected chi connectivity index (χ0v) is 9.92. The molecule has 4 nitrogen and oxygen atoms in total. The molecule has 0 bridgehead atoms. The Morgan fingerprint density at radius 3 is 2.88 bits per heavy atom. The van der Waals surface area contributed by atoms with Gasteiger partial charge in [0.25, 0.3) is 0 Å². The second-order valence-corrected chi connectivity index (χ2v) is 4.88. The van der Waals surface area contributed by atoms with Gasteiger partial charge < -0.3 is 4.74 Å². The second kappa shape index (κ2) is 3.58. The molecule has 17 heavy (non-hydrogen) atoms. The lowest BCUT2D eigenvalue weighted by Gasteiger charge is -2.44. The van der Waals surface area contributed by atoms with Gasteiger partial charge in [0.2, 0.25) is 0 Å². The molecule has 1 saturated heterocycles. The van der Waals surface area contributed by atoms with Crippen LogP contribution in [-0.2, 0) is 11.3 Å². The summed E-state index contributed by atoms with van der Waals surface area (Å²) in [6.07, 6.45) is 0.839. The number of nitrogens with one attached hydrogen (secondary N) is 1. The van der Waals surface area contributed by atoms with Crippen LogP contribution in [-0.4, -0.2) is 37.7 Å². The molecule has 1 spiro atoms. The van der Waals surface area contributed by atoms with E-state index in [-0.39, 0.29) is 11.4 Å². The first-order valence-corrected chi connectivity index (χ1v) is 5.61. The molecule has 0 amide bonds. The molecular formula is C12H15FN2O2. The van der Waals surface area contributed by atoms with Crippen molar-refractivity contribution in [2.24, 2.45) is 0 Å². The van der Waals surface area contributed by atoms with Crippen LogP contribution in [0.2, 0.25) is 0 Å². The van der Waals surface area contributed by atoms with Gasteiger partial charge in [-0.1, -0.05) is 0 Å². The molecule has 92 valence electrons. The first-order valence-electron chi connectivity index (χ1n) is 5.61. The quantitative estimate of drug-likeness (QED) is 0.790. The summed E-state index contributed by atoms with van der Waals surface area (Å²) in [6, 6.07) is 3.20. The normalized spacial score (nSPS) is 20.9. The number of likely N-dealkylation sites (N-methyl/N-ethyl adjacent to an activating group) is 1. The number of ether oxygens (including phenoxy) is 1. The van der Waals surface area contributed by atoms with Crippen molar-refractivity contribution in [3.8, 4) is 5.75 Å². The minimum Gasteiger partial charge on any atom is -0.484 e. The summed E-state index contributed by atoms with van der Waals surface area (Å²) in [5.41, 5.74) is 3.81. The third-order valence-corrected chi connectivity index (χ3v) is 3.32. The van der Waals surface area contributed by atoms with Gasteiger partial charge in [-0.3, -0.25) is 15.2 Å². The number of anilines is 1. The number of likely N-dealkylation sites (tertiary alicyclic amines) is 1. The zero-order valence-electron chi connectivity index (χ0n) is 9.92. The van der Waals surface area contributed by atoms with Crippen LogP contribution < -0.4 is 10.2 Å². The van der Waals surface area contributed by atoms with Crippen LogP contribution in [0.4, 0.5) is 10.1 Å². The predicted molar refractivity (Wildman–Crippen MR) is 61.6 cm³/mol. The molecule has 1 fully saturated rings. The Labute approximate surface area is 99.3 Å². The first-order chi connectivity index (χ1) is 8.12. The Hall–Kier alpha value is -1.33. The molecule has 3 rings (SSSR count). The third-order valence-electron chi connectivity index (χ3n) is 3.32. The number of hydrogen-bond acceptors (Lipinski definition) is 4. The van der Waals surface area contributed by atoms with Crippen LogP contribution in [0.25, 0.3) is 0 Å². The highest BCUT2D eigenvalue weighted by atomic mass is 19.1. The Morgan fingerprint density at radius 1 is 1.47 bits per heavy atom. The van der Waals surface area contributed by atoms with Crippen molar-refractivity contribution in [1.29, 1.82) is 0 Å². The lowest BCUT2D eigenvalue weighted by atomic mass is 9.89. The summed E-state index contributed by atoms with van der Waals surface area (Å²) < 4.78 is 19.5. The summed E-state index contributed by atoms with van der Waals surface area (Å²) in [6.45, 7) is 1.80. The summed E-state index contributed by atoms with van der Waals surface area (Å²) in [5, 5.41) is 0. The average molecular weight is 238 g/mol. The molecule has 0 aliphatic carbocycles. The fraction of sp³-hybridized carbons (Fsp3) is 0.500. The zero-order chi connectivity index (χ0) is 12.0. The summed E-state index contributed by atoms with van der Waals surface area (Å²) in [4.78, 5) is 6.93. The molecule has 0 saturated carbocycles. The Bertz CT molecular complexity index is 458. The number of nitrogens with zero attached hydrogens (tertiary/aromatic N) is 1. The van der Waals surface area contributed by atoms with Gasteiger partial charge in [0, 0.05) is 31.1 Å². The predicted octanol–water partition coefficient (Wildman–Crippen LogP) is 1.42. The van der Waals surface area contributed by atoms with E-state index in [0.29, 0.717) is 11.4 Å². The largest absolute Gasteiger partial charge is 0.484 e. The van der Waals surface area contributed by atoms with Crippen LogP contribution in [0.3, 0.4) is 0 Å². The van der Waals surface area contributed by atoms with Crippen LogP contribution in [0.1, 0.15) is 5.56 Å². The fourth-order valence-electron chi connectivity index (χ4n) is 2.75. The third kappa shape index (κ3) is 1.66. The van der Waals surface area contributed by atoms with E-state index in [1.54, 1.807) is 6.07 Å². The Balaban J connectivity index is 1.88. The van der Waals surface area contributed by atoms with Crippen molar-refractivity contribution in [2.45, 2.75) is 12.0 Å². The van der Waals surface area contributed by atoms with Crippen molar-refractivity contribution in [3.05, 3.63) is 23.5 Å². The van der Waals surface area contributed by atoms with Crippen LogP contribution in [0, 0.1) is 5.82 Å². The van der Waals surface area contributed by atoms with Crippen molar-refractivity contribution >= 4 is 5.69 Å². The minimum atomic E-state index is -0.352. The van der Waals surface area contributed by atoms with Crippen LogP contribution in [0.5, 0.6) is 5.75 Å². The number of hydrogen-bond donors (Lipinski definition) is 1. The van der Waals surface area contributed by atoms with Crippen molar-refractivity contribution in [2.75, 3.05) is 32.7 Å². The number of benzene rings is 1. The van der Waals surface area contributed by atoms with Gasteiger partial charge in [-0.05, 0) is 13.1 Å². The molecule has 0 radical (unpaired) electrons. The van der Waals surface area contributed by atoms with Gasteiger partial charge in [-0.2, -0.15) is 0 Å². The maximum Gasteiger partial charge on any atom is 0.152 e. The monoisotopic (exact) mass is 238 g/mol. The number of rotatable bonds is 2. The smallest absolute Gasteiger partial charge is 0.152 e. The standard InChI is InChI=1S/C12H15FN2O2/c1-15-6-12(7-15)5-8-3-10(14-16-2)9(13)4-11(8)17-12/h3-4,14H,5-7H2,1-2H3. The van der Waals surface area contributed by atoms with Gasteiger partial charge in [0.15, 0.2) is 5.82 Å². The Morgan fingerprint density at radius 2 is 2.24 bits per heavy atom. The van der Waals surface area contributed by atoms with E-state index < -0.39 is 0 Å². The molecule has 2 heterocycles. The van der Waals surface area contributed by atoms with Gasteiger partial charge in [0.05, 0.1) is 12.8 Å². The molecule has 0 atom stereocenters. The molecule has 0 unspecified atom stereocenters. The lowest BCUT2D eigenvalue weighted by Crippen LogP contribution is -2.62. The highest BCUT2D eigenvalue weighted by Gasteiger charge is 2.48. The molecule has 0 aromatic heterocycles. The maximum atomic E-state index is 13.6. The van der Waals surface area contributed by atoms with Crippen LogP contribution >= 0.6 is 0 Å². The average Bonchev–Trinajstić information content (AvgIpc) is 2.56. The summed E-state index contributed by atoms with van der Waals surface area (Å²) in [5.74, 6) is 0.313. The maximum absolute atomic E-state index is 13.6. The van der Waals surface area contributed by atoms with Gasteiger partial charge in [-0.15, -0.1) is 0 Å². The summed E-state index contributed by atoms with van der Waals surface area (Å²) >= 11 is 0. The molecule has 1 aromatic rings. The molecule has 1 aromatic carbocycles. The molecular weight excluding hydrogens is 223 g/mol. The van der Waals surface area contributed by atoms with Crippen molar-refractivity contribution < 1.29 is 14.0 Å². The van der Waals surface area contributed by atoms with Crippen LogP contribution in [0.15, 0.2) is 12.1 Å². The highest BCUT2D eigenvalue weighted by molar-refractivity contribution is 5.54.